The first-order chi connectivity index (χ1) is 5.74. The number of rotatable bonds is 2. The summed E-state index contributed by atoms with van der Waals surface area (Å²) < 4.78 is 25.3. The van der Waals surface area contributed by atoms with E-state index in [1.54, 1.807) is 0 Å². The van der Waals surface area contributed by atoms with Crippen molar-refractivity contribution in [2.24, 2.45) is 5.16 Å². The lowest BCUT2D eigenvalue weighted by Crippen LogP contribution is -1.89. The van der Waals surface area contributed by atoms with E-state index in [0.29, 0.717) is 0 Å². The van der Waals surface area contributed by atoms with E-state index in [-0.39, 0.29) is 5.56 Å². The largest absolute Gasteiger partial charge is 0.399 e. The van der Waals surface area contributed by atoms with Gasteiger partial charge in [-0.2, -0.15) is 0 Å². The second-order valence-electron chi connectivity index (χ2n) is 2.08. The fourth-order valence-corrected chi connectivity index (χ4v) is 0.723. The summed E-state index contributed by atoms with van der Waals surface area (Å²) in [4.78, 5) is 4.32. The first kappa shape index (κ1) is 8.64. The maximum Gasteiger partial charge on any atom is 0.132 e. The quantitative estimate of drug-likeness (QED) is 0.492. The summed E-state index contributed by atoms with van der Waals surface area (Å²) in [6.07, 6.45) is 1.11. The van der Waals surface area contributed by atoms with Crippen molar-refractivity contribution in [1.82, 2.24) is 0 Å². The van der Waals surface area contributed by atoms with E-state index in [1.807, 2.05) is 0 Å². The molecule has 0 spiro atoms. The van der Waals surface area contributed by atoms with Gasteiger partial charge in [-0.1, -0.05) is 5.16 Å². The molecule has 0 heterocycles. The minimum atomic E-state index is -0.530. The zero-order chi connectivity index (χ0) is 8.97. The van der Waals surface area contributed by atoms with E-state index in [1.165, 1.54) is 7.11 Å². The van der Waals surface area contributed by atoms with Gasteiger partial charge in [0, 0.05) is 5.56 Å². The molecule has 0 atom stereocenters. The lowest BCUT2D eigenvalue weighted by molar-refractivity contribution is 0.215. The number of benzene rings is 1. The third kappa shape index (κ3) is 2.02. The topological polar surface area (TPSA) is 21.6 Å². The average Bonchev–Trinajstić information content (AvgIpc) is 2.07. The van der Waals surface area contributed by atoms with Crippen molar-refractivity contribution in [2.45, 2.75) is 0 Å². The zero-order valence-corrected chi connectivity index (χ0v) is 6.42. The van der Waals surface area contributed by atoms with E-state index in [4.69, 9.17) is 0 Å². The van der Waals surface area contributed by atoms with Crippen molar-refractivity contribution in [3.8, 4) is 0 Å². The highest BCUT2D eigenvalue weighted by molar-refractivity contribution is 5.79. The molecular formula is C8H7F2NO. The van der Waals surface area contributed by atoms with Crippen molar-refractivity contribution >= 4 is 6.21 Å². The molecule has 1 rings (SSSR count). The number of nitrogens with zero attached hydrogens (tertiary/aromatic N) is 1. The Morgan fingerprint density at radius 1 is 1.42 bits per heavy atom. The summed E-state index contributed by atoms with van der Waals surface area (Å²) >= 11 is 0. The highest BCUT2D eigenvalue weighted by Gasteiger charge is 2.00. The summed E-state index contributed by atoms with van der Waals surface area (Å²) in [7, 11) is 1.33. The van der Waals surface area contributed by atoms with Crippen LogP contribution in [0.3, 0.4) is 0 Å². The average molecular weight is 171 g/mol. The molecule has 0 unspecified atom stereocenters. The molecule has 1 aromatic carbocycles. The van der Waals surface area contributed by atoms with Crippen LogP contribution < -0.4 is 0 Å². The van der Waals surface area contributed by atoms with E-state index in [0.717, 1.165) is 24.4 Å². The molecule has 1 aromatic rings. The van der Waals surface area contributed by atoms with Gasteiger partial charge in [0.25, 0.3) is 0 Å². The first-order valence-corrected chi connectivity index (χ1v) is 3.25. The maximum atomic E-state index is 12.8. The molecule has 0 fully saturated rings. The molecule has 0 saturated carbocycles. The van der Waals surface area contributed by atoms with Crippen LogP contribution >= 0.6 is 0 Å². The summed E-state index contributed by atoms with van der Waals surface area (Å²) in [6, 6.07) is 3.11. The van der Waals surface area contributed by atoms with Gasteiger partial charge in [0.1, 0.15) is 18.7 Å². The van der Waals surface area contributed by atoms with Gasteiger partial charge in [0.15, 0.2) is 0 Å². The van der Waals surface area contributed by atoms with Crippen LogP contribution in [0.25, 0.3) is 0 Å². The fourth-order valence-electron chi connectivity index (χ4n) is 0.723. The van der Waals surface area contributed by atoms with Crippen molar-refractivity contribution < 1.29 is 13.6 Å². The summed E-state index contributed by atoms with van der Waals surface area (Å²) in [5.74, 6) is -1.04. The Morgan fingerprint density at radius 3 is 2.83 bits per heavy atom. The highest BCUT2D eigenvalue weighted by Crippen LogP contribution is 2.06. The molecule has 0 amide bonds. The third-order valence-electron chi connectivity index (χ3n) is 1.26. The van der Waals surface area contributed by atoms with Crippen molar-refractivity contribution in [1.29, 1.82) is 0 Å². The van der Waals surface area contributed by atoms with Crippen molar-refractivity contribution in [3.63, 3.8) is 0 Å². The van der Waals surface area contributed by atoms with Crippen molar-refractivity contribution in [3.05, 3.63) is 35.4 Å². The van der Waals surface area contributed by atoms with Gasteiger partial charge in [-0.25, -0.2) is 8.78 Å². The lowest BCUT2D eigenvalue weighted by Gasteiger charge is -1.94. The van der Waals surface area contributed by atoms with Crippen LogP contribution in [0.1, 0.15) is 5.56 Å². The molecule has 0 bridgehead atoms. The lowest BCUT2D eigenvalue weighted by atomic mass is 10.2. The third-order valence-corrected chi connectivity index (χ3v) is 1.26. The molecule has 0 aliphatic carbocycles. The molecule has 0 aliphatic heterocycles. The van der Waals surface area contributed by atoms with Crippen LogP contribution in [0, 0.1) is 11.6 Å². The SMILES string of the molecule is CO/N=C/c1cc(F)ccc1F. The van der Waals surface area contributed by atoms with Gasteiger partial charge in [-0.05, 0) is 18.2 Å². The van der Waals surface area contributed by atoms with Gasteiger partial charge in [0.2, 0.25) is 0 Å². The molecular weight excluding hydrogens is 164 g/mol. The number of hydrogen-bond donors (Lipinski definition) is 0. The number of oxime groups is 1. The minimum absolute atomic E-state index is 0.0665. The smallest absolute Gasteiger partial charge is 0.132 e. The zero-order valence-electron chi connectivity index (χ0n) is 6.42. The monoisotopic (exact) mass is 171 g/mol. The number of halogens is 2. The van der Waals surface area contributed by atoms with Gasteiger partial charge in [-0.3, -0.25) is 0 Å². The van der Waals surface area contributed by atoms with Gasteiger partial charge < -0.3 is 4.84 Å². The molecule has 4 heteroatoms. The van der Waals surface area contributed by atoms with Crippen LogP contribution in [0.15, 0.2) is 23.4 Å². The summed E-state index contributed by atoms with van der Waals surface area (Å²) in [5.41, 5.74) is 0.0665. The molecule has 0 aromatic heterocycles. The Kier molecular flexibility index (Phi) is 2.74. The van der Waals surface area contributed by atoms with Gasteiger partial charge in [0.05, 0.1) is 6.21 Å². The fraction of sp³-hybridized carbons (Fsp3) is 0.125. The Morgan fingerprint density at radius 2 is 2.17 bits per heavy atom. The predicted molar refractivity (Wildman–Crippen MR) is 41.0 cm³/mol. The minimum Gasteiger partial charge on any atom is -0.399 e. The Hall–Kier alpha value is -1.45. The van der Waals surface area contributed by atoms with Crippen molar-refractivity contribution in [2.75, 3.05) is 7.11 Å². The van der Waals surface area contributed by atoms with E-state index >= 15 is 0 Å². The molecule has 0 saturated heterocycles. The predicted octanol–water partition coefficient (Wildman–Crippen LogP) is 1.95. The summed E-state index contributed by atoms with van der Waals surface area (Å²) in [6.45, 7) is 0. The Labute approximate surface area is 68.5 Å². The second kappa shape index (κ2) is 3.80. The molecule has 0 aliphatic rings. The normalized spacial score (nSPS) is 10.6. The Balaban J connectivity index is 2.97. The molecule has 0 N–H and O–H groups in total. The van der Waals surface area contributed by atoms with Crippen LogP contribution in [0.4, 0.5) is 8.78 Å². The van der Waals surface area contributed by atoms with Crippen LogP contribution in [-0.4, -0.2) is 13.3 Å². The van der Waals surface area contributed by atoms with Crippen LogP contribution in [0.5, 0.6) is 0 Å². The summed E-state index contributed by atoms with van der Waals surface area (Å²) in [5, 5.41) is 3.31. The molecule has 2 nitrogen and oxygen atoms in total. The van der Waals surface area contributed by atoms with Gasteiger partial charge >= 0.3 is 0 Å². The standard InChI is InChI=1S/C8H7F2NO/c1-12-11-5-6-4-7(9)2-3-8(6)10/h2-5H,1H3/b11-5+. The first-order valence-electron chi connectivity index (χ1n) is 3.25. The Bertz CT molecular complexity index is 299. The number of hydrogen-bond acceptors (Lipinski definition) is 2. The molecule has 64 valence electrons. The molecule has 12 heavy (non-hydrogen) atoms. The maximum absolute atomic E-state index is 12.8. The van der Waals surface area contributed by atoms with Gasteiger partial charge in [-0.15, -0.1) is 0 Å². The second-order valence-corrected chi connectivity index (χ2v) is 2.08. The van der Waals surface area contributed by atoms with E-state index in [9.17, 15) is 8.78 Å². The van der Waals surface area contributed by atoms with E-state index < -0.39 is 11.6 Å². The van der Waals surface area contributed by atoms with Crippen LogP contribution in [-0.2, 0) is 4.84 Å². The molecule has 0 radical (unpaired) electrons. The van der Waals surface area contributed by atoms with Crippen LogP contribution in [0.2, 0.25) is 0 Å². The van der Waals surface area contributed by atoms with E-state index in [2.05, 4.69) is 9.99 Å². The highest BCUT2D eigenvalue weighted by atomic mass is 19.1.